The van der Waals surface area contributed by atoms with Crippen molar-refractivity contribution >= 4 is 17.8 Å². The summed E-state index contributed by atoms with van der Waals surface area (Å²) in [5.74, 6) is -3.20. The lowest BCUT2D eigenvalue weighted by Crippen LogP contribution is -2.55. The highest BCUT2D eigenvalue weighted by Crippen LogP contribution is 2.35. The fourth-order valence-electron chi connectivity index (χ4n) is 3.44. The third-order valence-electron chi connectivity index (χ3n) is 4.82. The van der Waals surface area contributed by atoms with E-state index in [4.69, 9.17) is 5.73 Å². The summed E-state index contributed by atoms with van der Waals surface area (Å²) in [7, 11) is 1.41. The van der Waals surface area contributed by atoms with E-state index in [2.05, 4.69) is 0 Å². The third kappa shape index (κ3) is 3.09. The zero-order valence-corrected chi connectivity index (χ0v) is 13.5. The summed E-state index contributed by atoms with van der Waals surface area (Å²) in [4.78, 5) is 38.1. The van der Waals surface area contributed by atoms with Gasteiger partial charge in [0.05, 0.1) is 17.9 Å². The van der Waals surface area contributed by atoms with Crippen LogP contribution in [0.2, 0.25) is 0 Å². The average Bonchev–Trinajstić information content (AvgIpc) is 2.37. The highest BCUT2D eigenvalue weighted by molar-refractivity contribution is 5.96. The minimum Gasteiger partial charge on any atom is -0.477 e. The minimum atomic E-state index is -1.17. The van der Waals surface area contributed by atoms with Crippen LogP contribution >= 0.6 is 0 Å². The van der Waals surface area contributed by atoms with E-state index in [1.165, 1.54) is 14.0 Å². The summed E-state index contributed by atoms with van der Waals surface area (Å²) in [6.07, 6.45) is -0.875. The van der Waals surface area contributed by atoms with Crippen LogP contribution in [0.25, 0.3) is 0 Å². The molecule has 0 aliphatic carbocycles. The van der Waals surface area contributed by atoms with E-state index in [0.717, 1.165) is 4.90 Å². The standard InChI is InChI=1S/C15H23N3O5/c1-7-10(6-18-4-9(5-18)13(16)20)12(15(22)23)17(3)14(21)11(7)8(2)19/h7-9,11,19H,4-6H2,1-3H3,(H2,16,20)(H,22,23)/t7-,8+,11?/m0/s1. The van der Waals surface area contributed by atoms with Crippen molar-refractivity contribution in [1.82, 2.24) is 9.80 Å². The van der Waals surface area contributed by atoms with Crippen molar-refractivity contribution in [2.45, 2.75) is 20.0 Å². The molecule has 23 heavy (non-hydrogen) atoms. The van der Waals surface area contributed by atoms with Crippen molar-refractivity contribution in [3.8, 4) is 0 Å². The molecule has 128 valence electrons. The first-order chi connectivity index (χ1) is 10.6. The van der Waals surface area contributed by atoms with Gasteiger partial charge in [-0.05, 0) is 18.4 Å². The number of rotatable bonds is 5. The Balaban J connectivity index is 2.29. The number of aliphatic hydroxyl groups excluding tert-OH is 1. The molecule has 2 rings (SSSR count). The van der Waals surface area contributed by atoms with Crippen molar-refractivity contribution < 1.29 is 24.6 Å². The number of nitrogens with two attached hydrogens (primary N) is 1. The van der Waals surface area contributed by atoms with Crippen LogP contribution in [-0.4, -0.2) is 70.6 Å². The SMILES string of the molecule is C[C@@H](O)C1C(=O)N(C)C(C(=O)O)=C(CN2CC(C(N)=O)C2)[C@@H]1C. The maximum atomic E-state index is 12.3. The molecule has 0 aromatic carbocycles. The molecule has 3 atom stereocenters. The summed E-state index contributed by atoms with van der Waals surface area (Å²) in [5, 5.41) is 19.4. The van der Waals surface area contributed by atoms with Crippen molar-refractivity contribution in [2.24, 2.45) is 23.5 Å². The molecular formula is C15H23N3O5. The van der Waals surface area contributed by atoms with E-state index >= 15 is 0 Å². The van der Waals surface area contributed by atoms with E-state index < -0.39 is 29.8 Å². The smallest absolute Gasteiger partial charge is 0.352 e. The Labute approximate surface area is 134 Å². The number of amides is 2. The van der Waals surface area contributed by atoms with E-state index in [1.54, 1.807) is 6.92 Å². The van der Waals surface area contributed by atoms with E-state index in [0.29, 0.717) is 25.2 Å². The van der Waals surface area contributed by atoms with Gasteiger partial charge in [0.15, 0.2) is 0 Å². The number of carboxylic acids is 1. The van der Waals surface area contributed by atoms with Gasteiger partial charge in [0.1, 0.15) is 5.70 Å². The van der Waals surface area contributed by atoms with Crippen LogP contribution < -0.4 is 5.73 Å². The van der Waals surface area contributed by atoms with Gasteiger partial charge in [0.25, 0.3) is 0 Å². The number of carbonyl (C=O) groups is 3. The lowest BCUT2D eigenvalue weighted by molar-refractivity contribution is -0.145. The first kappa shape index (κ1) is 17.4. The number of likely N-dealkylation sites (tertiary alicyclic amines) is 1. The van der Waals surface area contributed by atoms with E-state index in [-0.39, 0.29) is 17.5 Å². The number of hydrogen-bond acceptors (Lipinski definition) is 5. The summed E-state index contributed by atoms with van der Waals surface area (Å²) >= 11 is 0. The second-order valence-electron chi connectivity index (χ2n) is 6.42. The number of nitrogens with zero attached hydrogens (tertiary/aromatic N) is 2. The van der Waals surface area contributed by atoms with Gasteiger partial charge >= 0.3 is 5.97 Å². The van der Waals surface area contributed by atoms with Gasteiger partial charge in [-0.15, -0.1) is 0 Å². The molecule has 2 aliphatic rings. The average molecular weight is 325 g/mol. The molecule has 0 saturated carbocycles. The minimum absolute atomic E-state index is 0.0399. The highest BCUT2D eigenvalue weighted by Gasteiger charge is 2.44. The van der Waals surface area contributed by atoms with Crippen LogP contribution in [0.1, 0.15) is 13.8 Å². The number of aliphatic carboxylic acids is 1. The van der Waals surface area contributed by atoms with Crippen molar-refractivity contribution in [3.63, 3.8) is 0 Å². The zero-order chi connectivity index (χ0) is 17.5. The lowest BCUT2D eigenvalue weighted by Gasteiger charge is -2.43. The second-order valence-corrected chi connectivity index (χ2v) is 6.42. The number of likely N-dealkylation sites (N-methyl/N-ethyl adjacent to an activating group) is 1. The first-order valence-electron chi connectivity index (χ1n) is 7.58. The molecule has 0 radical (unpaired) electrons. The summed E-state index contributed by atoms with van der Waals surface area (Å²) < 4.78 is 0. The van der Waals surface area contributed by atoms with Gasteiger partial charge in [-0.2, -0.15) is 0 Å². The molecule has 2 heterocycles. The third-order valence-corrected chi connectivity index (χ3v) is 4.82. The molecule has 0 spiro atoms. The van der Waals surface area contributed by atoms with Crippen LogP contribution in [0.15, 0.2) is 11.3 Å². The van der Waals surface area contributed by atoms with E-state index in [1.807, 2.05) is 4.90 Å². The number of primary amides is 1. The normalized spacial score (nSPS) is 27.8. The fourth-order valence-corrected chi connectivity index (χ4v) is 3.44. The molecule has 0 bridgehead atoms. The quantitative estimate of drug-likeness (QED) is 0.586. The van der Waals surface area contributed by atoms with Gasteiger partial charge in [0, 0.05) is 26.7 Å². The largest absolute Gasteiger partial charge is 0.477 e. The maximum Gasteiger partial charge on any atom is 0.352 e. The second kappa shape index (κ2) is 6.29. The number of hydrogen-bond donors (Lipinski definition) is 3. The Morgan fingerprint density at radius 1 is 1.39 bits per heavy atom. The van der Waals surface area contributed by atoms with Crippen LogP contribution in [-0.2, 0) is 14.4 Å². The number of aliphatic hydroxyl groups is 1. The maximum absolute atomic E-state index is 12.3. The lowest BCUT2D eigenvalue weighted by atomic mass is 9.78. The Hall–Kier alpha value is -1.93. The molecule has 2 amide bonds. The van der Waals surface area contributed by atoms with E-state index in [9.17, 15) is 24.6 Å². The number of carbonyl (C=O) groups excluding carboxylic acids is 2. The van der Waals surface area contributed by atoms with Crippen molar-refractivity contribution in [1.29, 1.82) is 0 Å². The van der Waals surface area contributed by atoms with Crippen LogP contribution in [0.3, 0.4) is 0 Å². The Bertz CT molecular complexity index is 565. The van der Waals surface area contributed by atoms with Crippen LogP contribution in [0.4, 0.5) is 0 Å². The molecule has 8 heteroatoms. The van der Waals surface area contributed by atoms with Gasteiger partial charge in [-0.25, -0.2) is 4.79 Å². The van der Waals surface area contributed by atoms with Gasteiger partial charge in [0.2, 0.25) is 11.8 Å². The van der Waals surface area contributed by atoms with Crippen molar-refractivity contribution in [2.75, 3.05) is 26.7 Å². The van der Waals surface area contributed by atoms with Gasteiger partial charge < -0.3 is 20.8 Å². The van der Waals surface area contributed by atoms with Crippen molar-refractivity contribution in [3.05, 3.63) is 11.3 Å². The van der Waals surface area contributed by atoms with Gasteiger partial charge in [-0.1, -0.05) is 6.92 Å². The fraction of sp³-hybridized carbons (Fsp3) is 0.667. The summed E-state index contributed by atoms with van der Waals surface area (Å²) in [6.45, 7) is 4.59. The Morgan fingerprint density at radius 3 is 2.39 bits per heavy atom. The van der Waals surface area contributed by atoms with Crippen LogP contribution in [0.5, 0.6) is 0 Å². The highest BCUT2D eigenvalue weighted by atomic mass is 16.4. The Kier molecular flexibility index (Phi) is 4.76. The summed E-state index contributed by atoms with van der Waals surface area (Å²) in [5.41, 5.74) is 5.79. The molecule has 0 aromatic rings. The first-order valence-corrected chi connectivity index (χ1v) is 7.58. The molecule has 8 nitrogen and oxygen atoms in total. The Morgan fingerprint density at radius 2 is 1.96 bits per heavy atom. The number of carboxylic acid groups (broad SMARTS) is 1. The molecule has 4 N–H and O–H groups in total. The van der Waals surface area contributed by atoms with Gasteiger partial charge in [-0.3, -0.25) is 14.5 Å². The molecular weight excluding hydrogens is 302 g/mol. The topological polar surface area (TPSA) is 124 Å². The summed E-state index contributed by atoms with van der Waals surface area (Å²) in [6, 6.07) is 0. The molecule has 1 unspecified atom stereocenters. The monoisotopic (exact) mass is 325 g/mol. The molecule has 0 aromatic heterocycles. The molecule has 1 saturated heterocycles. The molecule has 1 fully saturated rings. The zero-order valence-electron chi connectivity index (χ0n) is 13.5. The predicted octanol–water partition coefficient (Wildman–Crippen LogP) is -1.15. The predicted molar refractivity (Wildman–Crippen MR) is 80.9 cm³/mol. The van der Waals surface area contributed by atoms with Crippen LogP contribution in [0, 0.1) is 17.8 Å². The molecule has 2 aliphatic heterocycles.